The van der Waals surface area contributed by atoms with Crippen molar-refractivity contribution in [3.63, 3.8) is 0 Å². The van der Waals surface area contributed by atoms with Gasteiger partial charge in [-0.3, -0.25) is 9.59 Å². The van der Waals surface area contributed by atoms with Gasteiger partial charge in [0.25, 0.3) is 11.8 Å². The monoisotopic (exact) mass is 354 g/mol. The average molecular weight is 354 g/mol. The highest BCUT2D eigenvalue weighted by Gasteiger charge is 2.55. The lowest BCUT2D eigenvalue weighted by atomic mass is 9.76. The van der Waals surface area contributed by atoms with E-state index in [2.05, 4.69) is 0 Å². The minimum atomic E-state index is -2.72. The Morgan fingerprint density at radius 1 is 1.17 bits per heavy atom. The highest BCUT2D eigenvalue weighted by atomic mass is 32.1. The molecule has 1 aromatic heterocycles. The summed E-state index contributed by atoms with van der Waals surface area (Å²) in [6.45, 7) is 0.322. The van der Waals surface area contributed by atoms with Crippen molar-refractivity contribution in [2.24, 2.45) is 11.3 Å². The third-order valence-electron chi connectivity index (χ3n) is 5.80. The average Bonchev–Trinajstić information content (AvgIpc) is 3.25. The van der Waals surface area contributed by atoms with Crippen molar-refractivity contribution in [1.82, 2.24) is 9.80 Å². The van der Waals surface area contributed by atoms with Crippen molar-refractivity contribution in [2.75, 3.05) is 26.2 Å². The smallest absolute Gasteiger partial charge is 0.282 e. The molecular weight excluding hydrogens is 334 g/mol. The van der Waals surface area contributed by atoms with E-state index in [4.69, 9.17) is 0 Å². The van der Waals surface area contributed by atoms with E-state index in [-0.39, 0.29) is 23.1 Å². The lowest BCUT2D eigenvalue weighted by Gasteiger charge is -2.42. The van der Waals surface area contributed by atoms with Crippen LogP contribution in [0.4, 0.5) is 8.78 Å². The number of thiophene rings is 1. The van der Waals surface area contributed by atoms with Crippen LogP contribution in [-0.4, -0.2) is 53.7 Å². The molecule has 2 amide bonds. The van der Waals surface area contributed by atoms with Crippen molar-refractivity contribution in [3.05, 3.63) is 22.4 Å². The summed E-state index contributed by atoms with van der Waals surface area (Å²) in [6, 6.07) is 1.82. The van der Waals surface area contributed by atoms with Gasteiger partial charge in [0.2, 0.25) is 5.91 Å². The molecule has 0 N–H and O–H groups in total. The summed E-state index contributed by atoms with van der Waals surface area (Å²) in [4.78, 5) is 28.3. The van der Waals surface area contributed by atoms with Crippen molar-refractivity contribution in [3.8, 4) is 0 Å². The van der Waals surface area contributed by atoms with Gasteiger partial charge in [0, 0.05) is 29.8 Å². The van der Waals surface area contributed by atoms with Crippen LogP contribution in [-0.2, 0) is 4.79 Å². The number of hydrogen-bond donors (Lipinski definition) is 0. The summed E-state index contributed by atoms with van der Waals surface area (Å²) in [5.41, 5.74) is 0.480. The van der Waals surface area contributed by atoms with E-state index >= 15 is 0 Å². The molecule has 0 radical (unpaired) electrons. The third kappa shape index (κ3) is 2.53. The second kappa shape index (κ2) is 5.51. The van der Waals surface area contributed by atoms with Gasteiger partial charge in [-0.1, -0.05) is 6.42 Å². The van der Waals surface area contributed by atoms with Gasteiger partial charge in [-0.15, -0.1) is 0 Å². The Hall–Kier alpha value is -1.50. The lowest BCUT2D eigenvalue weighted by Crippen LogP contribution is -2.60. The molecule has 1 aliphatic carbocycles. The van der Waals surface area contributed by atoms with E-state index in [1.165, 1.54) is 16.2 Å². The first-order valence-electron chi connectivity index (χ1n) is 8.38. The molecule has 24 heavy (non-hydrogen) atoms. The topological polar surface area (TPSA) is 40.6 Å². The predicted molar refractivity (Wildman–Crippen MR) is 86.1 cm³/mol. The molecule has 3 heterocycles. The van der Waals surface area contributed by atoms with E-state index in [9.17, 15) is 18.4 Å². The molecule has 1 spiro atoms. The van der Waals surface area contributed by atoms with Crippen LogP contribution >= 0.6 is 11.3 Å². The van der Waals surface area contributed by atoms with Gasteiger partial charge in [-0.05, 0) is 30.7 Å². The lowest BCUT2D eigenvalue weighted by molar-refractivity contribution is -0.172. The van der Waals surface area contributed by atoms with Crippen LogP contribution in [0.5, 0.6) is 0 Å². The highest BCUT2D eigenvalue weighted by Crippen LogP contribution is 2.51. The Morgan fingerprint density at radius 2 is 1.96 bits per heavy atom. The van der Waals surface area contributed by atoms with E-state index in [1.807, 2.05) is 21.7 Å². The van der Waals surface area contributed by atoms with Gasteiger partial charge in [0.15, 0.2) is 0 Å². The van der Waals surface area contributed by atoms with Gasteiger partial charge in [-0.2, -0.15) is 11.3 Å². The highest BCUT2D eigenvalue weighted by molar-refractivity contribution is 7.08. The fourth-order valence-electron chi connectivity index (χ4n) is 4.54. The Kier molecular flexibility index (Phi) is 3.67. The fraction of sp³-hybridized carbons (Fsp3) is 0.647. The van der Waals surface area contributed by atoms with Crippen LogP contribution in [0.15, 0.2) is 16.8 Å². The molecule has 0 aromatic carbocycles. The van der Waals surface area contributed by atoms with Gasteiger partial charge in [-0.25, -0.2) is 8.78 Å². The van der Waals surface area contributed by atoms with Gasteiger partial charge >= 0.3 is 0 Å². The number of rotatable bonds is 2. The van der Waals surface area contributed by atoms with Crippen LogP contribution in [0.3, 0.4) is 0 Å². The van der Waals surface area contributed by atoms with Crippen LogP contribution in [0, 0.1) is 11.3 Å². The largest absolute Gasteiger partial charge is 0.338 e. The van der Waals surface area contributed by atoms with Crippen LogP contribution < -0.4 is 0 Å². The first-order valence-corrected chi connectivity index (χ1v) is 9.33. The molecule has 0 unspecified atom stereocenters. The molecule has 3 aliphatic rings. The summed E-state index contributed by atoms with van der Waals surface area (Å²) < 4.78 is 26.2. The van der Waals surface area contributed by atoms with Crippen molar-refractivity contribution < 1.29 is 18.4 Å². The first kappa shape index (κ1) is 16.0. The Balaban J connectivity index is 1.47. The quantitative estimate of drug-likeness (QED) is 0.819. The first-order chi connectivity index (χ1) is 11.4. The van der Waals surface area contributed by atoms with E-state index in [1.54, 1.807) is 0 Å². The molecule has 130 valence electrons. The fourth-order valence-corrected chi connectivity index (χ4v) is 5.17. The van der Waals surface area contributed by atoms with Gasteiger partial charge in [0.1, 0.15) is 0 Å². The number of alkyl halides is 2. The number of halogens is 2. The molecule has 2 saturated heterocycles. The minimum absolute atomic E-state index is 0.0155. The van der Waals surface area contributed by atoms with Crippen LogP contribution in [0.2, 0.25) is 0 Å². The molecule has 1 aromatic rings. The van der Waals surface area contributed by atoms with Crippen molar-refractivity contribution in [2.45, 2.75) is 31.6 Å². The molecule has 3 fully saturated rings. The zero-order valence-corrected chi connectivity index (χ0v) is 14.2. The molecule has 2 atom stereocenters. The van der Waals surface area contributed by atoms with E-state index in [0.717, 1.165) is 25.7 Å². The van der Waals surface area contributed by atoms with Crippen molar-refractivity contribution >= 4 is 23.2 Å². The van der Waals surface area contributed by atoms with E-state index < -0.39 is 19.0 Å². The zero-order valence-electron chi connectivity index (χ0n) is 13.3. The number of amides is 2. The van der Waals surface area contributed by atoms with Gasteiger partial charge < -0.3 is 9.80 Å². The number of hydrogen-bond acceptors (Lipinski definition) is 3. The number of likely N-dealkylation sites (tertiary alicyclic amines) is 2. The molecule has 2 aliphatic heterocycles. The molecule has 7 heteroatoms. The Bertz CT molecular complexity index is 656. The zero-order chi connectivity index (χ0) is 16.9. The molecule has 4 rings (SSSR count). The number of nitrogens with zero attached hydrogens (tertiary/aromatic N) is 2. The second-order valence-electron chi connectivity index (χ2n) is 7.35. The maximum absolute atomic E-state index is 13.1. The van der Waals surface area contributed by atoms with Gasteiger partial charge in [0.05, 0.1) is 18.7 Å². The Labute approximate surface area is 143 Å². The number of carbonyl (C=O) groups excluding carboxylic acids is 2. The second-order valence-corrected chi connectivity index (χ2v) is 8.13. The number of carbonyl (C=O) groups is 2. The maximum Gasteiger partial charge on any atom is 0.282 e. The summed E-state index contributed by atoms with van der Waals surface area (Å²) in [5, 5.41) is 3.72. The third-order valence-corrected chi connectivity index (χ3v) is 6.48. The minimum Gasteiger partial charge on any atom is -0.338 e. The summed E-state index contributed by atoms with van der Waals surface area (Å²) in [6.07, 6.45) is 3.38. The standard InChI is InChI=1S/C17H20F2N2O2S/c18-17(19)10-21(11-17)15(23)13-2-1-4-16(13)5-6-20(9-16)14(22)12-3-7-24-8-12/h3,7-8,13H,1-2,4-6,9-11H2/t13-,16-/m0/s1. The normalized spacial score (nSPS) is 31.5. The summed E-state index contributed by atoms with van der Waals surface area (Å²) in [5.74, 6) is -3.06. The van der Waals surface area contributed by atoms with E-state index in [0.29, 0.717) is 18.7 Å². The molecule has 0 bridgehead atoms. The van der Waals surface area contributed by atoms with Crippen LogP contribution in [0.1, 0.15) is 36.0 Å². The van der Waals surface area contributed by atoms with Crippen molar-refractivity contribution in [1.29, 1.82) is 0 Å². The van der Waals surface area contributed by atoms with Crippen LogP contribution in [0.25, 0.3) is 0 Å². The summed E-state index contributed by atoms with van der Waals surface area (Å²) >= 11 is 1.49. The predicted octanol–water partition coefficient (Wildman–Crippen LogP) is 2.86. The molecular formula is C17H20F2N2O2S. The maximum atomic E-state index is 13.1. The molecule has 1 saturated carbocycles. The molecule has 4 nitrogen and oxygen atoms in total. The SMILES string of the molecule is O=C(c1ccsc1)N1CC[C@@]2(CCC[C@H]2C(=O)N2CC(F)(F)C2)C1. The summed E-state index contributed by atoms with van der Waals surface area (Å²) in [7, 11) is 0. The Morgan fingerprint density at radius 3 is 2.62 bits per heavy atom.